The van der Waals surface area contributed by atoms with Crippen LogP contribution in [0.1, 0.15) is 30.3 Å². The van der Waals surface area contributed by atoms with E-state index in [1.807, 2.05) is 31.2 Å². The van der Waals surface area contributed by atoms with Gasteiger partial charge in [0.15, 0.2) is 0 Å². The summed E-state index contributed by atoms with van der Waals surface area (Å²) in [6.07, 6.45) is 1.29. The Morgan fingerprint density at radius 3 is 2.90 bits per heavy atom. The Hall–Kier alpha value is -2.14. The third-order valence-corrected chi connectivity index (χ3v) is 3.29. The molecule has 0 bridgehead atoms. The molecule has 1 heterocycles. The molecule has 0 spiro atoms. The third-order valence-electron chi connectivity index (χ3n) is 3.29. The number of nitrogen functional groups attached to an aromatic ring is 1. The van der Waals surface area contributed by atoms with Gasteiger partial charge in [-0.05, 0) is 25.0 Å². The molecule has 0 aliphatic rings. The van der Waals surface area contributed by atoms with Crippen LogP contribution in [0.3, 0.4) is 0 Å². The Bertz CT molecular complexity index is 613. The number of carbonyl (C=O) groups excluding carboxylic acids is 1. The zero-order valence-corrected chi connectivity index (χ0v) is 11.5. The maximum Gasteiger partial charge on any atom is 0.270 e. The van der Waals surface area contributed by atoms with E-state index in [0.717, 1.165) is 11.8 Å². The van der Waals surface area contributed by atoms with E-state index in [4.69, 9.17) is 10.8 Å². The van der Waals surface area contributed by atoms with E-state index in [9.17, 15) is 4.79 Å². The number of aliphatic hydroxyl groups is 1. The van der Waals surface area contributed by atoms with Gasteiger partial charge in [0.1, 0.15) is 5.69 Å². The van der Waals surface area contributed by atoms with Gasteiger partial charge in [0, 0.05) is 23.7 Å². The van der Waals surface area contributed by atoms with E-state index in [1.54, 1.807) is 6.07 Å². The van der Waals surface area contributed by atoms with Gasteiger partial charge < -0.3 is 16.2 Å². The summed E-state index contributed by atoms with van der Waals surface area (Å²) in [6, 6.07) is 8.98. The zero-order chi connectivity index (χ0) is 14.5. The molecule has 0 fully saturated rings. The monoisotopic (exact) mass is 273 g/mol. The lowest BCUT2D eigenvalue weighted by Crippen LogP contribution is -2.35. The predicted octanol–water partition coefficient (Wildman–Crippen LogP) is 1.71. The van der Waals surface area contributed by atoms with Crippen molar-refractivity contribution in [3.05, 3.63) is 36.0 Å². The van der Waals surface area contributed by atoms with Crippen molar-refractivity contribution in [2.24, 2.45) is 0 Å². The summed E-state index contributed by atoms with van der Waals surface area (Å²) in [6.45, 7) is 2.01. The molecule has 2 rings (SSSR count). The lowest BCUT2D eigenvalue weighted by atomic mass is 10.1. The van der Waals surface area contributed by atoms with Gasteiger partial charge in [0.25, 0.3) is 5.91 Å². The Labute approximate surface area is 117 Å². The van der Waals surface area contributed by atoms with Crippen LogP contribution in [-0.4, -0.2) is 28.6 Å². The second kappa shape index (κ2) is 6.34. The second-order valence-corrected chi connectivity index (χ2v) is 4.70. The zero-order valence-electron chi connectivity index (χ0n) is 11.5. The number of anilines is 1. The van der Waals surface area contributed by atoms with Crippen LogP contribution < -0.4 is 11.1 Å². The largest absolute Gasteiger partial charge is 0.398 e. The topological polar surface area (TPSA) is 88.2 Å². The quantitative estimate of drug-likeness (QED) is 0.773. The number of hydrogen-bond acceptors (Lipinski definition) is 4. The average molecular weight is 273 g/mol. The number of nitrogens with two attached hydrogens (primary N) is 1. The molecule has 0 aliphatic carbocycles. The van der Waals surface area contributed by atoms with Crippen molar-refractivity contribution in [2.75, 3.05) is 12.3 Å². The number of carbonyl (C=O) groups is 1. The first-order valence-corrected chi connectivity index (χ1v) is 6.72. The van der Waals surface area contributed by atoms with Crippen LogP contribution in [0.4, 0.5) is 5.69 Å². The number of hydrogen-bond donors (Lipinski definition) is 3. The van der Waals surface area contributed by atoms with Gasteiger partial charge in [-0.3, -0.25) is 4.79 Å². The van der Waals surface area contributed by atoms with Crippen molar-refractivity contribution < 1.29 is 9.90 Å². The Kier molecular flexibility index (Phi) is 4.53. The fraction of sp³-hybridized carbons (Fsp3) is 0.333. The Morgan fingerprint density at radius 1 is 1.45 bits per heavy atom. The molecule has 0 aliphatic heterocycles. The highest BCUT2D eigenvalue weighted by atomic mass is 16.3. The molecule has 1 amide bonds. The van der Waals surface area contributed by atoms with E-state index in [1.165, 1.54) is 0 Å². The highest BCUT2D eigenvalue weighted by molar-refractivity contribution is 5.99. The minimum absolute atomic E-state index is 0.0477. The first-order valence-electron chi connectivity index (χ1n) is 6.72. The smallest absolute Gasteiger partial charge is 0.270 e. The molecule has 0 saturated carbocycles. The lowest BCUT2D eigenvalue weighted by Gasteiger charge is -2.15. The summed E-state index contributed by atoms with van der Waals surface area (Å²) in [4.78, 5) is 16.5. The summed E-state index contributed by atoms with van der Waals surface area (Å²) in [5.41, 5.74) is 7.50. The SMILES string of the molecule is CCC(CCO)NC(=O)c1cc(N)c2ccccc2n1. The van der Waals surface area contributed by atoms with Crippen molar-refractivity contribution >= 4 is 22.5 Å². The second-order valence-electron chi connectivity index (χ2n) is 4.70. The highest BCUT2D eigenvalue weighted by Gasteiger charge is 2.14. The van der Waals surface area contributed by atoms with Crippen LogP contribution in [0, 0.1) is 0 Å². The van der Waals surface area contributed by atoms with Gasteiger partial charge >= 0.3 is 0 Å². The standard InChI is InChI=1S/C15H19N3O2/c1-2-10(7-8-19)17-15(20)14-9-12(16)11-5-3-4-6-13(11)18-14/h3-6,9-10,19H,2,7-8H2,1H3,(H2,16,18)(H,17,20). The molecule has 0 radical (unpaired) electrons. The van der Waals surface area contributed by atoms with E-state index >= 15 is 0 Å². The minimum atomic E-state index is -0.261. The molecule has 0 saturated heterocycles. The molecule has 1 unspecified atom stereocenters. The molecular formula is C15H19N3O2. The lowest BCUT2D eigenvalue weighted by molar-refractivity contribution is 0.0924. The number of pyridine rings is 1. The third kappa shape index (κ3) is 3.05. The number of fused-ring (bicyclic) bond motifs is 1. The molecule has 5 heteroatoms. The van der Waals surface area contributed by atoms with Crippen LogP contribution >= 0.6 is 0 Å². The Balaban J connectivity index is 2.26. The van der Waals surface area contributed by atoms with Crippen molar-refractivity contribution in [2.45, 2.75) is 25.8 Å². The predicted molar refractivity (Wildman–Crippen MR) is 79.4 cm³/mol. The summed E-state index contributed by atoms with van der Waals surface area (Å²) in [5.74, 6) is -0.261. The summed E-state index contributed by atoms with van der Waals surface area (Å²) < 4.78 is 0. The summed E-state index contributed by atoms with van der Waals surface area (Å²) in [5, 5.41) is 12.6. The molecular weight excluding hydrogens is 254 g/mol. The van der Waals surface area contributed by atoms with Crippen LogP contribution in [0.15, 0.2) is 30.3 Å². The maximum atomic E-state index is 12.2. The van der Waals surface area contributed by atoms with Gasteiger partial charge in [-0.2, -0.15) is 0 Å². The molecule has 106 valence electrons. The minimum Gasteiger partial charge on any atom is -0.398 e. The van der Waals surface area contributed by atoms with Gasteiger partial charge in [-0.15, -0.1) is 0 Å². The number of nitrogens with zero attached hydrogens (tertiary/aromatic N) is 1. The van der Waals surface area contributed by atoms with Crippen molar-refractivity contribution in [3.63, 3.8) is 0 Å². The van der Waals surface area contributed by atoms with E-state index in [0.29, 0.717) is 23.3 Å². The fourth-order valence-corrected chi connectivity index (χ4v) is 2.11. The van der Waals surface area contributed by atoms with Crippen molar-refractivity contribution in [1.29, 1.82) is 0 Å². The summed E-state index contributed by atoms with van der Waals surface area (Å²) in [7, 11) is 0. The average Bonchev–Trinajstić information content (AvgIpc) is 2.46. The number of rotatable bonds is 5. The molecule has 2 aromatic rings. The van der Waals surface area contributed by atoms with Crippen LogP contribution in [0.25, 0.3) is 10.9 Å². The fourth-order valence-electron chi connectivity index (χ4n) is 2.11. The van der Waals surface area contributed by atoms with Gasteiger partial charge in [0.05, 0.1) is 5.52 Å². The molecule has 1 aromatic heterocycles. The summed E-state index contributed by atoms with van der Waals surface area (Å²) >= 11 is 0. The molecule has 1 atom stereocenters. The van der Waals surface area contributed by atoms with E-state index in [-0.39, 0.29) is 18.6 Å². The highest BCUT2D eigenvalue weighted by Crippen LogP contribution is 2.20. The maximum absolute atomic E-state index is 12.2. The van der Waals surface area contributed by atoms with Crippen molar-refractivity contribution in [1.82, 2.24) is 10.3 Å². The first-order chi connectivity index (χ1) is 9.65. The number of aromatic nitrogens is 1. The van der Waals surface area contributed by atoms with Gasteiger partial charge in [0.2, 0.25) is 0 Å². The van der Waals surface area contributed by atoms with E-state index in [2.05, 4.69) is 10.3 Å². The van der Waals surface area contributed by atoms with Gasteiger partial charge in [-0.1, -0.05) is 25.1 Å². The van der Waals surface area contributed by atoms with Crippen molar-refractivity contribution in [3.8, 4) is 0 Å². The normalized spacial score (nSPS) is 12.3. The molecule has 1 aromatic carbocycles. The number of nitrogens with one attached hydrogen (secondary N) is 1. The van der Waals surface area contributed by atoms with Crippen LogP contribution in [0.5, 0.6) is 0 Å². The Morgan fingerprint density at radius 2 is 2.20 bits per heavy atom. The number of aliphatic hydroxyl groups excluding tert-OH is 1. The molecule has 20 heavy (non-hydrogen) atoms. The van der Waals surface area contributed by atoms with Gasteiger partial charge in [-0.25, -0.2) is 4.98 Å². The first kappa shape index (κ1) is 14.3. The van der Waals surface area contributed by atoms with Crippen LogP contribution in [-0.2, 0) is 0 Å². The van der Waals surface area contributed by atoms with E-state index < -0.39 is 0 Å². The molecule has 5 nitrogen and oxygen atoms in total. The number of para-hydroxylation sites is 1. The van der Waals surface area contributed by atoms with Crippen LogP contribution in [0.2, 0.25) is 0 Å². The number of benzene rings is 1. The molecule has 4 N–H and O–H groups in total. The number of amides is 1.